The molecule has 0 aliphatic heterocycles. The minimum Gasteiger partial charge on any atom is -0.507 e. The summed E-state index contributed by atoms with van der Waals surface area (Å²) in [6.45, 7) is 10.4. The van der Waals surface area contributed by atoms with Crippen LogP contribution in [0.15, 0.2) is 21.3 Å². The van der Waals surface area contributed by atoms with Crippen LogP contribution in [0.5, 0.6) is 5.75 Å². The topological polar surface area (TPSA) is 53.7 Å². The number of phenols is 1. The Hall–Kier alpha value is -1.52. The van der Waals surface area contributed by atoms with E-state index in [-0.39, 0.29) is 23.6 Å². The number of hydrogen-bond donors (Lipinski definition) is 1. The van der Waals surface area contributed by atoms with Crippen molar-refractivity contribution in [3.8, 4) is 5.75 Å². The van der Waals surface area contributed by atoms with Gasteiger partial charge in [-0.05, 0) is 31.6 Å². The van der Waals surface area contributed by atoms with E-state index in [0.717, 1.165) is 24.4 Å². The van der Waals surface area contributed by atoms with Gasteiger partial charge in [0.25, 0.3) is 0 Å². The number of benzene rings is 1. The molecule has 2 rings (SSSR count). The Balaban J connectivity index is 0.00000264. The Morgan fingerprint density at radius 3 is 2.22 bits per heavy atom. The molecule has 0 spiro atoms. The van der Waals surface area contributed by atoms with Gasteiger partial charge in [0.05, 0.1) is 10.9 Å². The quantitative estimate of drug-likeness (QED) is 0.867. The lowest BCUT2D eigenvalue weighted by molar-refractivity contribution is 0.290. The first-order chi connectivity index (χ1) is 10.6. The van der Waals surface area contributed by atoms with Gasteiger partial charge in [0.15, 0.2) is 5.43 Å². The van der Waals surface area contributed by atoms with Crippen molar-refractivity contribution in [2.24, 2.45) is 0 Å². The molecule has 23 heavy (non-hydrogen) atoms. The summed E-state index contributed by atoms with van der Waals surface area (Å²) in [7, 11) is 0. The Bertz CT molecular complexity index is 720. The van der Waals surface area contributed by atoms with Gasteiger partial charge in [-0.25, -0.2) is 0 Å². The zero-order valence-electron chi connectivity index (χ0n) is 14.3. The van der Waals surface area contributed by atoms with Gasteiger partial charge in [0, 0.05) is 18.5 Å². The van der Waals surface area contributed by atoms with Crippen LogP contribution in [0, 0.1) is 0 Å². The molecule has 5 heteroatoms. The molecule has 0 aliphatic carbocycles. The summed E-state index contributed by atoms with van der Waals surface area (Å²) in [5, 5.41) is 10.8. The summed E-state index contributed by atoms with van der Waals surface area (Å²) in [5.41, 5.74) is 2.01. The van der Waals surface area contributed by atoms with Crippen molar-refractivity contribution < 1.29 is 9.52 Å². The van der Waals surface area contributed by atoms with Crippen molar-refractivity contribution in [1.82, 2.24) is 4.90 Å². The number of aryl methyl sites for hydroxylation is 1. The van der Waals surface area contributed by atoms with Crippen molar-refractivity contribution >= 4 is 23.4 Å². The fraction of sp³-hybridized carbons (Fsp3) is 0.500. The van der Waals surface area contributed by atoms with Crippen LogP contribution in [-0.2, 0) is 19.4 Å². The number of aromatic hydroxyl groups is 1. The zero-order chi connectivity index (χ0) is 16.3. The molecule has 1 N–H and O–H groups in total. The molecule has 128 valence electrons. The second kappa shape index (κ2) is 8.37. The molecule has 1 aromatic carbocycles. The minimum atomic E-state index is 0. The van der Waals surface area contributed by atoms with Gasteiger partial charge in [-0.15, -0.1) is 12.4 Å². The van der Waals surface area contributed by atoms with Crippen LogP contribution >= 0.6 is 12.4 Å². The van der Waals surface area contributed by atoms with Gasteiger partial charge in [0.2, 0.25) is 0 Å². The minimum absolute atomic E-state index is 0. The van der Waals surface area contributed by atoms with E-state index in [1.807, 2.05) is 13.8 Å². The first kappa shape index (κ1) is 19.5. The first-order valence-electron chi connectivity index (χ1n) is 8.08. The zero-order valence-corrected chi connectivity index (χ0v) is 15.1. The highest BCUT2D eigenvalue weighted by Gasteiger charge is 2.18. The summed E-state index contributed by atoms with van der Waals surface area (Å²) in [6.07, 6.45) is 1.34. The molecule has 0 atom stereocenters. The van der Waals surface area contributed by atoms with Gasteiger partial charge in [-0.3, -0.25) is 9.69 Å². The highest BCUT2D eigenvalue weighted by molar-refractivity contribution is 5.85. The summed E-state index contributed by atoms with van der Waals surface area (Å²) in [4.78, 5) is 14.9. The van der Waals surface area contributed by atoms with Crippen LogP contribution < -0.4 is 5.43 Å². The van der Waals surface area contributed by atoms with Gasteiger partial charge in [-0.1, -0.05) is 27.7 Å². The van der Waals surface area contributed by atoms with E-state index in [9.17, 15) is 9.90 Å². The molecule has 4 nitrogen and oxygen atoms in total. The van der Waals surface area contributed by atoms with Gasteiger partial charge in [-0.2, -0.15) is 0 Å². The Morgan fingerprint density at radius 1 is 1.04 bits per heavy atom. The number of fused-ring (bicyclic) bond motifs is 1. The summed E-state index contributed by atoms with van der Waals surface area (Å²) in [6, 6.07) is 3.27. The molecule has 0 bridgehead atoms. The second-order valence-electron chi connectivity index (χ2n) is 5.44. The number of hydrogen-bond acceptors (Lipinski definition) is 4. The Labute approximate surface area is 143 Å². The standard InChI is InChI=1S/C18H25NO3.ClH/c1-5-12-16(6-2)22-18-13(17(12)21)9-10-15(20)14(18)11-19(7-3)8-4;/h9-10,20H,5-8,11H2,1-4H3;1H. The SMILES string of the molecule is CCc1oc2c(CN(CC)CC)c(O)ccc2c(=O)c1CC.Cl. The molecule has 0 fully saturated rings. The van der Waals surface area contributed by atoms with Crippen molar-refractivity contribution in [1.29, 1.82) is 0 Å². The van der Waals surface area contributed by atoms with Crippen molar-refractivity contribution in [2.75, 3.05) is 13.1 Å². The molecule has 1 heterocycles. The van der Waals surface area contributed by atoms with Crippen LogP contribution in [0.1, 0.15) is 44.6 Å². The monoisotopic (exact) mass is 339 g/mol. The lowest BCUT2D eigenvalue weighted by atomic mass is 10.0. The highest BCUT2D eigenvalue weighted by Crippen LogP contribution is 2.29. The third-order valence-corrected chi connectivity index (χ3v) is 4.27. The molecular formula is C18H26ClNO3. The average molecular weight is 340 g/mol. The first-order valence-corrected chi connectivity index (χ1v) is 8.08. The maximum Gasteiger partial charge on any atom is 0.196 e. The van der Waals surface area contributed by atoms with Gasteiger partial charge >= 0.3 is 0 Å². The normalized spacial score (nSPS) is 11.0. The van der Waals surface area contributed by atoms with Crippen LogP contribution in [0.25, 0.3) is 11.0 Å². The fourth-order valence-corrected chi connectivity index (χ4v) is 2.85. The van der Waals surface area contributed by atoms with Crippen molar-refractivity contribution in [3.05, 3.63) is 39.2 Å². The van der Waals surface area contributed by atoms with Gasteiger partial charge < -0.3 is 9.52 Å². The summed E-state index contributed by atoms with van der Waals surface area (Å²) in [5.74, 6) is 0.917. The molecule has 2 aromatic rings. The lowest BCUT2D eigenvalue weighted by Crippen LogP contribution is -2.22. The lowest BCUT2D eigenvalue weighted by Gasteiger charge is -2.20. The summed E-state index contributed by atoms with van der Waals surface area (Å²) < 4.78 is 6.03. The van der Waals surface area contributed by atoms with E-state index in [1.165, 1.54) is 0 Å². The predicted molar refractivity (Wildman–Crippen MR) is 96.8 cm³/mol. The molecular weight excluding hydrogens is 314 g/mol. The molecule has 0 aliphatic rings. The van der Waals surface area contributed by atoms with Crippen molar-refractivity contribution in [2.45, 2.75) is 47.1 Å². The van der Waals surface area contributed by atoms with E-state index in [2.05, 4.69) is 18.7 Å². The largest absolute Gasteiger partial charge is 0.507 e. The smallest absolute Gasteiger partial charge is 0.196 e. The van der Waals surface area contributed by atoms with Crippen molar-refractivity contribution in [3.63, 3.8) is 0 Å². The number of halogens is 1. The van der Waals surface area contributed by atoms with Crippen LogP contribution in [0.4, 0.5) is 0 Å². The van der Waals surface area contributed by atoms with Crippen LogP contribution in [0.3, 0.4) is 0 Å². The molecule has 0 amide bonds. The third kappa shape index (κ3) is 3.70. The molecule has 0 saturated heterocycles. The average Bonchev–Trinajstić information content (AvgIpc) is 2.53. The fourth-order valence-electron chi connectivity index (χ4n) is 2.85. The van der Waals surface area contributed by atoms with E-state index >= 15 is 0 Å². The summed E-state index contributed by atoms with van der Waals surface area (Å²) >= 11 is 0. The maximum atomic E-state index is 12.7. The number of nitrogens with zero attached hydrogens (tertiary/aromatic N) is 1. The third-order valence-electron chi connectivity index (χ3n) is 4.27. The van der Waals surface area contributed by atoms with E-state index in [1.54, 1.807) is 12.1 Å². The number of phenolic OH excluding ortho intramolecular Hbond substituents is 1. The van der Waals surface area contributed by atoms with Crippen LogP contribution in [-0.4, -0.2) is 23.1 Å². The van der Waals surface area contributed by atoms with E-state index in [0.29, 0.717) is 35.9 Å². The van der Waals surface area contributed by atoms with E-state index < -0.39 is 0 Å². The second-order valence-corrected chi connectivity index (χ2v) is 5.44. The molecule has 0 radical (unpaired) electrons. The van der Waals surface area contributed by atoms with E-state index in [4.69, 9.17) is 4.42 Å². The number of rotatable bonds is 6. The van der Waals surface area contributed by atoms with Gasteiger partial charge in [0.1, 0.15) is 17.1 Å². The molecule has 0 unspecified atom stereocenters. The highest BCUT2D eigenvalue weighted by atomic mass is 35.5. The molecule has 0 saturated carbocycles. The maximum absolute atomic E-state index is 12.7. The van der Waals surface area contributed by atoms with Crippen LogP contribution in [0.2, 0.25) is 0 Å². The Kier molecular flexibility index (Phi) is 7.10. The molecule has 1 aromatic heterocycles. The Morgan fingerprint density at radius 2 is 1.70 bits per heavy atom. The predicted octanol–water partition coefficient (Wildman–Crippen LogP) is 3.89.